The molecule has 13 heavy (non-hydrogen) atoms. The van der Waals surface area contributed by atoms with Crippen LogP contribution < -0.4 is 0 Å². The van der Waals surface area contributed by atoms with Gasteiger partial charge in [0.15, 0.2) is 0 Å². The first-order valence-electron chi connectivity index (χ1n) is 3.39. The zero-order valence-corrected chi connectivity index (χ0v) is 8.80. The number of nitrogens with zero attached hydrogens (tertiary/aromatic N) is 1. The molecule has 66 valence electrons. The molecule has 0 saturated carbocycles. The van der Waals surface area contributed by atoms with E-state index in [0.29, 0.717) is 15.1 Å². The van der Waals surface area contributed by atoms with E-state index < -0.39 is 0 Å². The standard InChI is InChI=1S/C9H5BrClNO/c10-8-5-7(11)4-6(9(8)13)2-1-3-12/h1-2,4-5,13H. The second-order valence-corrected chi connectivity index (χ2v) is 3.58. The molecule has 0 aliphatic heterocycles. The fraction of sp³-hybridized carbons (Fsp3) is 0. The summed E-state index contributed by atoms with van der Waals surface area (Å²) in [7, 11) is 0. The Morgan fingerprint density at radius 2 is 2.23 bits per heavy atom. The van der Waals surface area contributed by atoms with Crippen LogP contribution >= 0.6 is 27.5 Å². The Labute approximate surface area is 89.2 Å². The predicted octanol–water partition coefficient (Wildman–Crippen LogP) is 3.34. The van der Waals surface area contributed by atoms with E-state index in [9.17, 15) is 5.11 Å². The van der Waals surface area contributed by atoms with E-state index in [2.05, 4.69) is 15.9 Å². The molecular formula is C9H5BrClNO. The summed E-state index contributed by atoms with van der Waals surface area (Å²) in [6.45, 7) is 0. The molecule has 0 aliphatic rings. The number of hydrogen-bond donors (Lipinski definition) is 1. The van der Waals surface area contributed by atoms with E-state index in [0.717, 1.165) is 0 Å². The van der Waals surface area contributed by atoms with Crippen molar-refractivity contribution in [3.8, 4) is 11.8 Å². The number of aromatic hydroxyl groups is 1. The molecule has 0 bridgehead atoms. The number of hydrogen-bond acceptors (Lipinski definition) is 2. The van der Waals surface area contributed by atoms with Gasteiger partial charge in [0.05, 0.1) is 10.5 Å². The Kier molecular flexibility index (Phi) is 3.35. The van der Waals surface area contributed by atoms with Crippen molar-refractivity contribution in [2.24, 2.45) is 0 Å². The quantitative estimate of drug-likeness (QED) is 0.785. The van der Waals surface area contributed by atoms with Crippen LogP contribution in [0.3, 0.4) is 0 Å². The second-order valence-electron chi connectivity index (χ2n) is 2.29. The van der Waals surface area contributed by atoms with Gasteiger partial charge in [0.2, 0.25) is 0 Å². The Balaban J connectivity index is 3.22. The summed E-state index contributed by atoms with van der Waals surface area (Å²) in [6, 6.07) is 5.00. The van der Waals surface area contributed by atoms with Crippen LogP contribution in [-0.4, -0.2) is 5.11 Å². The Bertz CT molecular complexity index is 395. The summed E-state index contributed by atoms with van der Waals surface area (Å²) >= 11 is 8.88. The molecule has 1 aromatic carbocycles. The highest BCUT2D eigenvalue weighted by atomic mass is 79.9. The molecule has 0 unspecified atom stereocenters. The topological polar surface area (TPSA) is 44.0 Å². The Hall–Kier alpha value is -0.980. The summed E-state index contributed by atoms with van der Waals surface area (Å²) in [5.74, 6) is 0.0795. The highest BCUT2D eigenvalue weighted by Gasteiger charge is 2.04. The average Bonchev–Trinajstić information content (AvgIpc) is 2.09. The van der Waals surface area contributed by atoms with Crippen molar-refractivity contribution < 1.29 is 5.11 Å². The highest BCUT2D eigenvalue weighted by molar-refractivity contribution is 9.10. The van der Waals surface area contributed by atoms with Crippen LogP contribution in [0.1, 0.15) is 5.56 Å². The van der Waals surface area contributed by atoms with Gasteiger partial charge in [0.25, 0.3) is 0 Å². The zero-order valence-electron chi connectivity index (χ0n) is 6.46. The number of halogens is 2. The van der Waals surface area contributed by atoms with Crippen molar-refractivity contribution >= 4 is 33.6 Å². The molecule has 1 rings (SSSR count). The number of rotatable bonds is 1. The number of benzene rings is 1. The first kappa shape index (κ1) is 10.1. The third kappa shape index (κ3) is 2.48. The lowest BCUT2D eigenvalue weighted by Gasteiger charge is -2.01. The summed E-state index contributed by atoms with van der Waals surface area (Å²) in [6.07, 6.45) is 2.77. The minimum Gasteiger partial charge on any atom is -0.506 e. The second kappa shape index (κ2) is 4.31. The van der Waals surface area contributed by atoms with Crippen LogP contribution in [0.5, 0.6) is 5.75 Å². The van der Waals surface area contributed by atoms with E-state index >= 15 is 0 Å². The molecule has 1 aromatic rings. The van der Waals surface area contributed by atoms with Crippen LogP contribution in [0, 0.1) is 11.3 Å². The number of phenols is 1. The van der Waals surface area contributed by atoms with Gasteiger partial charge < -0.3 is 5.11 Å². The van der Waals surface area contributed by atoms with Crippen LogP contribution in [0.4, 0.5) is 0 Å². The van der Waals surface area contributed by atoms with E-state index in [1.54, 1.807) is 12.1 Å². The Morgan fingerprint density at radius 3 is 2.85 bits per heavy atom. The normalized spacial score (nSPS) is 10.2. The smallest absolute Gasteiger partial charge is 0.137 e. The molecule has 0 amide bonds. The number of allylic oxidation sites excluding steroid dienone is 1. The molecule has 0 aliphatic carbocycles. The average molecular weight is 259 g/mol. The lowest BCUT2D eigenvalue weighted by Crippen LogP contribution is -1.77. The maximum Gasteiger partial charge on any atom is 0.137 e. The summed E-state index contributed by atoms with van der Waals surface area (Å²) in [4.78, 5) is 0. The molecular weight excluding hydrogens is 253 g/mol. The lowest BCUT2D eigenvalue weighted by molar-refractivity contribution is 0.470. The maximum absolute atomic E-state index is 9.48. The fourth-order valence-corrected chi connectivity index (χ4v) is 1.67. The van der Waals surface area contributed by atoms with Crippen LogP contribution in [0.2, 0.25) is 5.02 Å². The molecule has 0 fully saturated rings. The van der Waals surface area contributed by atoms with Crippen molar-refractivity contribution in [2.45, 2.75) is 0 Å². The molecule has 4 heteroatoms. The Morgan fingerprint density at radius 1 is 1.54 bits per heavy atom. The minimum atomic E-state index is 0.0795. The molecule has 0 heterocycles. The molecule has 0 saturated heterocycles. The van der Waals surface area contributed by atoms with E-state index in [-0.39, 0.29) is 5.75 Å². The third-order valence-corrected chi connectivity index (χ3v) is 2.22. The first-order chi connectivity index (χ1) is 6.15. The van der Waals surface area contributed by atoms with Gasteiger partial charge in [-0.25, -0.2) is 0 Å². The number of nitriles is 1. The van der Waals surface area contributed by atoms with Gasteiger partial charge in [-0.05, 0) is 34.1 Å². The van der Waals surface area contributed by atoms with Crippen molar-refractivity contribution in [3.63, 3.8) is 0 Å². The summed E-state index contributed by atoms with van der Waals surface area (Å²) < 4.78 is 0.512. The van der Waals surface area contributed by atoms with Crippen molar-refractivity contribution in [1.82, 2.24) is 0 Å². The third-order valence-electron chi connectivity index (χ3n) is 1.40. The molecule has 0 radical (unpaired) electrons. The lowest BCUT2D eigenvalue weighted by atomic mass is 10.2. The first-order valence-corrected chi connectivity index (χ1v) is 4.56. The van der Waals surface area contributed by atoms with Gasteiger partial charge in [0, 0.05) is 16.7 Å². The SMILES string of the molecule is N#CC=Cc1cc(Cl)cc(Br)c1O. The fourth-order valence-electron chi connectivity index (χ4n) is 0.840. The molecule has 0 spiro atoms. The largest absolute Gasteiger partial charge is 0.506 e. The van der Waals surface area contributed by atoms with Gasteiger partial charge in [0.1, 0.15) is 5.75 Å². The van der Waals surface area contributed by atoms with Crippen molar-refractivity contribution in [1.29, 1.82) is 5.26 Å². The van der Waals surface area contributed by atoms with Gasteiger partial charge in [-0.2, -0.15) is 5.26 Å². The van der Waals surface area contributed by atoms with Crippen molar-refractivity contribution in [3.05, 3.63) is 33.3 Å². The highest BCUT2D eigenvalue weighted by Crippen LogP contribution is 2.32. The van der Waals surface area contributed by atoms with Crippen LogP contribution in [-0.2, 0) is 0 Å². The minimum absolute atomic E-state index is 0.0795. The van der Waals surface area contributed by atoms with E-state index in [1.807, 2.05) is 6.07 Å². The number of phenolic OH excluding ortho intramolecular Hbond substituents is 1. The summed E-state index contributed by atoms with van der Waals surface area (Å²) in [5.41, 5.74) is 0.515. The van der Waals surface area contributed by atoms with Gasteiger partial charge in [-0.1, -0.05) is 11.6 Å². The monoisotopic (exact) mass is 257 g/mol. The predicted molar refractivity (Wildman–Crippen MR) is 55.5 cm³/mol. The zero-order chi connectivity index (χ0) is 9.84. The molecule has 2 nitrogen and oxygen atoms in total. The molecule has 1 N–H and O–H groups in total. The van der Waals surface area contributed by atoms with E-state index in [1.165, 1.54) is 12.2 Å². The maximum atomic E-state index is 9.48. The van der Waals surface area contributed by atoms with Gasteiger partial charge >= 0.3 is 0 Å². The van der Waals surface area contributed by atoms with Crippen molar-refractivity contribution in [2.75, 3.05) is 0 Å². The molecule has 0 aromatic heterocycles. The van der Waals surface area contributed by atoms with Crippen LogP contribution in [0.15, 0.2) is 22.7 Å². The van der Waals surface area contributed by atoms with Gasteiger partial charge in [-0.3, -0.25) is 0 Å². The van der Waals surface area contributed by atoms with Crippen LogP contribution in [0.25, 0.3) is 6.08 Å². The van der Waals surface area contributed by atoms with Gasteiger partial charge in [-0.15, -0.1) is 0 Å². The summed E-state index contributed by atoms with van der Waals surface area (Å²) in [5, 5.41) is 18.3. The molecule has 0 atom stereocenters. The van der Waals surface area contributed by atoms with E-state index in [4.69, 9.17) is 16.9 Å².